The Bertz CT molecular complexity index is 812. The maximum absolute atomic E-state index is 12.3. The van der Waals surface area contributed by atoms with Gasteiger partial charge in [-0.2, -0.15) is 5.26 Å². The second-order valence-electron chi connectivity index (χ2n) is 5.46. The number of ether oxygens (including phenoxy) is 1. The van der Waals surface area contributed by atoms with Crippen LogP contribution in [0.4, 0.5) is 5.69 Å². The maximum atomic E-state index is 12.3. The Morgan fingerprint density at radius 3 is 2.60 bits per heavy atom. The van der Waals surface area contributed by atoms with Crippen LogP contribution in [0.1, 0.15) is 24.1 Å². The van der Waals surface area contributed by atoms with Crippen molar-refractivity contribution in [3.63, 3.8) is 0 Å². The molecule has 0 aliphatic heterocycles. The van der Waals surface area contributed by atoms with Gasteiger partial charge in [-0.25, -0.2) is 0 Å². The molecule has 0 saturated carbocycles. The topological polar surface area (TPSA) is 96.5 Å². The Kier molecular flexibility index (Phi) is 5.69. The van der Waals surface area contributed by atoms with Crippen molar-refractivity contribution in [3.05, 3.63) is 69.8 Å². The van der Waals surface area contributed by atoms with E-state index in [0.29, 0.717) is 16.9 Å². The summed E-state index contributed by atoms with van der Waals surface area (Å²) in [4.78, 5) is 24.2. The van der Waals surface area contributed by atoms with E-state index in [2.05, 4.69) is 0 Å². The number of nitrogens with zero attached hydrogens (tertiary/aromatic N) is 3. The molecule has 7 heteroatoms. The van der Waals surface area contributed by atoms with Gasteiger partial charge >= 0.3 is 0 Å². The minimum Gasteiger partial charge on any atom is -0.484 e. The third-order valence-electron chi connectivity index (χ3n) is 3.88. The van der Waals surface area contributed by atoms with Gasteiger partial charge in [-0.3, -0.25) is 14.9 Å². The Balaban J connectivity index is 1.99. The number of nitro benzene ring substituents is 1. The standard InChI is InChI=1S/C18H17N3O4/c1-13(15-4-3-5-16(10-15)21(23)24)20(2)18(22)12-25-17-8-6-14(11-19)7-9-17/h3-10,13H,12H2,1-2H3. The van der Waals surface area contributed by atoms with E-state index < -0.39 is 4.92 Å². The number of amides is 1. The van der Waals surface area contributed by atoms with Crippen molar-refractivity contribution in [2.24, 2.45) is 0 Å². The molecule has 0 bridgehead atoms. The summed E-state index contributed by atoms with van der Waals surface area (Å²) >= 11 is 0. The van der Waals surface area contributed by atoms with Crippen LogP contribution in [0.25, 0.3) is 0 Å². The summed E-state index contributed by atoms with van der Waals surface area (Å²) in [6.07, 6.45) is 0. The lowest BCUT2D eigenvalue weighted by molar-refractivity contribution is -0.384. The molecule has 0 heterocycles. The minimum absolute atomic E-state index is 0.0148. The smallest absolute Gasteiger partial charge is 0.269 e. The molecule has 0 aromatic heterocycles. The van der Waals surface area contributed by atoms with Crippen molar-refractivity contribution >= 4 is 11.6 Å². The molecule has 1 atom stereocenters. The molecule has 0 aliphatic carbocycles. The number of carbonyl (C=O) groups excluding carboxylic acids is 1. The second-order valence-corrected chi connectivity index (χ2v) is 5.46. The van der Waals surface area contributed by atoms with Crippen LogP contribution in [-0.4, -0.2) is 29.4 Å². The molecule has 25 heavy (non-hydrogen) atoms. The number of nitro groups is 1. The molecule has 0 aliphatic rings. The zero-order valence-electron chi connectivity index (χ0n) is 13.9. The van der Waals surface area contributed by atoms with Crippen molar-refractivity contribution in [1.29, 1.82) is 5.26 Å². The maximum Gasteiger partial charge on any atom is 0.269 e. The van der Waals surface area contributed by atoms with Crippen LogP contribution in [0, 0.1) is 21.4 Å². The lowest BCUT2D eigenvalue weighted by Crippen LogP contribution is -2.33. The van der Waals surface area contributed by atoms with Gasteiger partial charge in [0.15, 0.2) is 6.61 Å². The minimum atomic E-state index is -0.466. The average Bonchev–Trinajstić information content (AvgIpc) is 2.65. The van der Waals surface area contributed by atoms with E-state index in [4.69, 9.17) is 10.00 Å². The molecule has 7 nitrogen and oxygen atoms in total. The van der Waals surface area contributed by atoms with Crippen LogP contribution in [0.2, 0.25) is 0 Å². The Morgan fingerprint density at radius 1 is 1.32 bits per heavy atom. The first kappa shape index (κ1) is 17.9. The van der Waals surface area contributed by atoms with E-state index in [9.17, 15) is 14.9 Å². The fraction of sp³-hybridized carbons (Fsp3) is 0.222. The average molecular weight is 339 g/mol. The van der Waals surface area contributed by atoms with Crippen LogP contribution in [-0.2, 0) is 4.79 Å². The molecule has 0 spiro atoms. The van der Waals surface area contributed by atoms with Crippen LogP contribution in [0.15, 0.2) is 48.5 Å². The van der Waals surface area contributed by atoms with Crippen LogP contribution >= 0.6 is 0 Å². The first-order chi connectivity index (χ1) is 11.9. The predicted molar refractivity (Wildman–Crippen MR) is 90.9 cm³/mol. The van der Waals surface area contributed by atoms with Gasteiger partial charge in [-0.1, -0.05) is 12.1 Å². The van der Waals surface area contributed by atoms with Crippen molar-refractivity contribution in [1.82, 2.24) is 4.90 Å². The number of rotatable bonds is 6. The molecule has 0 fully saturated rings. The summed E-state index contributed by atoms with van der Waals surface area (Å²) < 4.78 is 5.43. The number of hydrogen-bond acceptors (Lipinski definition) is 5. The predicted octanol–water partition coefficient (Wildman–Crippen LogP) is 3.06. The number of benzene rings is 2. The molecule has 2 aromatic carbocycles. The van der Waals surface area contributed by atoms with E-state index in [1.807, 2.05) is 6.07 Å². The summed E-state index contributed by atoms with van der Waals surface area (Å²) in [6, 6.07) is 14.3. The van der Waals surface area contributed by atoms with E-state index in [1.54, 1.807) is 50.4 Å². The van der Waals surface area contributed by atoms with Gasteiger partial charge in [-0.05, 0) is 36.8 Å². The molecule has 0 radical (unpaired) electrons. The molecule has 2 rings (SSSR count). The van der Waals surface area contributed by atoms with Gasteiger partial charge < -0.3 is 9.64 Å². The molecule has 128 valence electrons. The lowest BCUT2D eigenvalue weighted by atomic mass is 10.1. The first-order valence-electron chi connectivity index (χ1n) is 7.55. The normalized spacial score (nSPS) is 11.2. The Morgan fingerprint density at radius 2 is 2.00 bits per heavy atom. The molecule has 0 saturated heterocycles. The number of hydrogen-bond donors (Lipinski definition) is 0. The Labute approximate surface area is 145 Å². The highest BCUT2D eigenvalue weighted by atomic mass is 16.6. The van der Waals surface area contributed by atoms with Gasteiger partial charge in [0.05, 0.1) is 22.6 Å². The number of nitriles is 1. The third-order valence-corrected chi connectivity index (χ3v) is 3.88. The highest BCUT2D eigenvalue weighted by molar-refractivity contribution is 5.78. The van der Waals surface area contributed by atoms with E-state index >= 15 is 0 Å². The van der Waals surface area contributed by atoms with Gasteiger partial charge in [0.25, 0.3) is 11.6 Å². The fourth-order valence-corrected chi connectivity index (χ4v) is 2.21. The molecule has 1 unspecified atom stereocenters. The van der Waals surface area contributed by atoms with Crippen molar-refractivity contribution in [3.8, 4) is 11.8 Å². The second kappa shape index (κ2) is 7.93. The first-order valence-corrected chi connectivity index (χ1v) is 7.55. The lowest BCUT2D eigenvalue weighted by Gasteiger charge is -2.25. The SMILES string of the molecule is CC(c1cccc([N+](=O)[O-])c1)N(C)C(=O)COc1ccc(C#N)cc1. The Hall–Kier alpha value is -3.40. The number of carbonyl (C=O) groups is 1. The number of likely N-dealkylation sites (N-methyl/N-ethyl adjacent to an activating group) is 1. The van der Waals surface area contributed by atoms with Crippen molar-refractivity contribution in [2.75, 3.05) is 13.7 Å². The van der Waals surface area contributed by atoms with Crippen molar-refractivity contribution in [2.45, 2.75) is 13.0 Å². The van der Waals surface area contributed by atoms with E-state index in [0.717, 1.165) is 0 Å². The summed E-state index contributed by atoms with van der Waals surface area (Å²) in [5.41, 5.74) is 1.16. The highest BCUT2D eigenvalue weighted by Gasteiger charge is 2.19. The zero-order chi connectivity index (χ0) is 18.4. The quantitative estimate of drug-likeness (QED) is 0.595. The molecule has 0 N–H and O–H groups in total. The summed E-state index contributed by atoms with van der Waals surface area (Å²) in [6.45, 7) is 1.63. The summed E-state index contributed by atoms with van der Waals surface area (Å²) in [5, 5.41) is 19.6. The van der Waals surface area contributed by atoms with Crippen LogP contribution in [0.3, 0.4) is 0 Å². The third kappa shape index (κ3) is 4.54. The fourth-order valence-electron chi connectivity index (χ4n) is 2.21. The molecular formula is C18H17N3O4. The van der Waals surface area contributed by atoms with Gasteiger partial charge in [0, 0.05) is 19.2 Å². The van der Waals surface area contributed by atoms with Crippen molar-refractivity contribution < 1.29 is 14.5 Å². The highest BCUT2D eigenvalue weighted by Crippen LogP contribution is 2.23. The largest absolute Gasteiger partial charge is 0.484 e. The van der Waals surface area contributed by atoms with E-state index in [1.165, 1.54) is 17.0 Å². The van der Waals surface area contributed by atoms with Crippen LogP contribution < -0.4 is 4.74 Å². The zero-order valence-corrected chi connectivity index (χ0v) is 13.9. The van der Waals surface area contributed by atoms with Gasteiger partial charge in [-0.15, -0.1) is 0 Å². The van der Waals surface area contributed by atoms with Gasteiger partial charge in [0.1, 0.15) is 5.75 Å². The van der Waals surface area contributed by atoms with E-state index in [-0.39, 0.29) is 24.2 Å². The summed E-state index contributed by atoms with van der Waals surface area (Å²) in [7, 11) is 1.62. The summed E-state index contributed by atoms with van der Waals surface area (Å²) in [5.74, 6) is 0.229. The molecular weight excluding hydrogens is 322 g/mol. The van der Waals surface area contributed by atoms with Gasteiger partial charge in [0.2, 0.25) is 0 Å². The van der Waals surface area contributed by atoms with Crippen LogP contribution in [0.5, 0.6) is 5.75 Å². The monoisotopic (exact) mass is 339 g/mol. The number of non-ortho nitro benzene ring substituents is 1. The molecule has 1 amide bonds. The molecule has 2 aromatic rings.